The van der Waals surface area contributed by atoms with Crippen LogP contribution in [0, 0.1) is 10.1 Å². The fraction of sp³-hybridized carbons (Fsp3) is 0.0714. The van der Waals surface area contributed by atoms with Crippen molar-refractivity contribution < 1.29 is 22.3 Å². The minimum atomic E-state index is -4.57. The molecule has 24 heavy (non-hydrogen) atoms. The zero-order chi connectivity index (χ0) is 18.1. The van der Waals surface area contributed by atoms with E-state index in [0.29, 0.717) is 4.47 Å². The Kier molecular flexibility index (Phi) is 5.26. The lowest BCUT2D eigenvalue weighted by Crippen LogP contribution is -2.13. The number of nitro benzene ring substituents is 1. The SMILES string of the molecule is CC(=O)c1cc(Br)ccc1OS(=O)(=O)c1cc(Cl)ccc1[N+](=O)[O-]. The number of hydrogen-bond donors (Lipinski definition) is 0. The summed E-state index contributed by atoms with van der Waals surface area (Å²) in [4.78, 5) is 21.1. The number of nitro groups is 1. The lowest BCUT2D eigenvalue weighted by molar-refractivity contribution is -0.387. The number of carbonyl (C=O) groups excluding carboxylic acids is 1. The van der Waals surface area contributed by atoms with Gasteiger partial charge < -0.3 is 4.18 Å². The smallest absolute Gasteiger partial charge is 0.346 e. The monoisotopic (exact) mass is 433 g/mol. The summed E-state index contributed by atoms with van der Waals surface area (Å²) in [5, 5.41) is 11.0. The molecule has 0 fully saturated rings. The van der Waals surface area contributed by atoms with Crippen molar-refractivity contribution in [3.63, 3.8) is 0 Å². The first kappa shape index (κ1) is 18.4. The van der Waals surface area contributed by atoms with Gasteiger partial charge in [0.15, 0.2) is 16.4 Å². The number of ketones is 1. The second kappa shape index (κ2) is 6.88. The van der Waals surface area contributed by atoms with Crippen molar-refractivity contribution in [2.24, 2.45) is 0 Å². The molecule has 0 atom stereocenters. The lowest BCUT2D eigenvalue weighted by atomic mass is 10.1. The summed E-state index contributed by atoms with van der Waals surface area (Å²) in [6.45, 7) is 1.24. The van der Waals surface area contributed by atoms with E-state index in [4.69, 9.17) is 15.8 Å². The summed E-state index contributed by atoms with van der Waals surface area (Å²) in [7, 11) is -4.57. The molecule has 0 aliphatic heterocycles. The zero-order valence-electron chi connectivity index (χ0n) is 12.0. The van der Waals surface area contributed by atoms with Crippen LogP contribution in [0.2, 0.25) is 5.02 Å². The molecular formula is C14H9BrClNO6S. The Labute approximate surface area is 150 Å². The first-order valence-electron chi connectivity index (χ1n) is 6.31. The summed E-state index contributed by atoms with van der Waals surface area (Å²) in [6.07, 6.45) is 0. The molecule has 0 bridgehead atoms. The van der Waals surface area contributed by atoms with Crippen LogP contribution in [0.3, 0.4) is 0 Å². The fourth-order valence-electron chi connectivity index (χ4n) is 1.85. The topological polar surface area (TPSA) is 104 Å². The maximum atomic E-state index is 12.4. The molecule has 0 N–H and O–H groups in total. The number of carbonyl (C=O) groups is 1. The molecule has 0 aliphatic carbocycles. The average molecular weight is 435 g/mol. The van der Waals surface area contributed by atoms with E-state index in [1.165, 1.54) is 31.2 Å². The lowest BCUT2D eigenvalue weighted by Gasteiger charge is -2.11. The van der Waals surface area contributed by atoms with Crippen molar-refractivity contribution in [3.05, 3.63) is 61.6 Å². The second-order valence-corrected chi connectivity index (χ2v) is 7.47. The third kappa shape index (κ3) is 3.92. The second-order valence-electron chi connectivity index (χ2n) is 4.60. The van der Waals surface area contributed by atoms with E-state index in [1.54, 1.807) is 0 Å². The van der Waals surface area contributed by atoms with Gasteiger partial charge in [0, 0.05) is 15.6 Å². The summed E-state index contributed by atoms with van der Waals surface area (Å²) >= 11 is 8.90. The summed E-state index contributed by atoms with van der Waals surface area (Å²) in [6, 6.07) is 7.21. The van der Waals surface area contributed by atoms with Crippen molar-refractivity contribution in [2.75, 3.05) is 0 Å². The molecule has 126 valence electrons. The predicted molar refractivity (Wildman–Crippen MR) is 90.1 cm³/mol. The van der Waals surface area contributed by atoms with E-state index in [9.17, 15) is 23.3 Å². The molecule has 2 aromatic carbocycles. The van der Waals surface area contributed by atoms with E-state index in [0.717, 1.165) is 12.1 Å². The number of benzene rings is 2. The van der Waals surface area contributed by atoms with Crippen LogP contribution in [0.15, 0.2) is 45.8 Å². The first-order chi connectivity index (χ1) is 11.1. The molecule has 0 amide bonds. The Morgan fingerprint density at radius 3 is 2.50 bits per heavy atom. The molecule has 10 heteroatoms. The van der Waals surface area contributed by atoms with Crippen LogP contribution in [0.5, 0.6) is 5.75 Å². The van der Waals surface area contributed by atoms with Crippen molar-refractivity contribution in [1.29, 1.82) is 0 Å². The molecule has 0 unspecified atom stereocenters. The molecule has 2 rings (SSSR count). The molecule has 0 spiro atoms. The third-order valence-corrected chi connectivity index (χ3v) is 4.90. The molecule has 0 aromatic heterocycles. The summed E-state index contributed by atoms with van der Waals surface area (Å²) < 4.78 is 30.4. The minimum Gasteiger partial charge on any atom is -0.378 e. The van der Waals surface area contributed by atoms with Gasteiger partial charge in [-0.1, -0.05) is 27.5 Å². The molecule has 0 saturated heterocycles. The zero-order valence-corrected chi connectivity index (χ0v) is 15.2. The quantitative estimate of drug-likeness (QED) is 0.305. The minimum absolute atomic E-state index is 0.00891. The van der Waals surface area contributed by atoms with E-state index >= 15 is 0 Å². The largest absolute Gasteiger partial charge is 0.378 e. The van der Waals surface area contributed by atoms with Gasteiger partial charge in [-0.25, -0.2) is 0 Å². The number of Topliss-reactive ketones (excluding diaryl/α,β-unsaturated/α-hetero) is 1. The standard InChI is InChI=1S/C14H9BrClNO6S/c1-8(18)11-6-9(15)2-5-13(11)23-24(21,22)14-7-10(16)3-4-12(14)17(19)20/h2-7H,1H3. The number of rotatable bonds is 5. The third-order valence-electron chi connectivity index (χ3n) is 2.91. The predicted octanol–water partition coefficient (Wildman–Crippen LogP) is 3.98. The maximum absolute atomic E-state index is 12.4. The maximum Gasteiger partial charge on any atom is 0.346 e. The van der Waals surface area contributed by atoms with Crippen LogP contribution in [-0.2, 0) is 10.1 Å². The van der Waals surface area contributed by atoms with Gasteiger partial charge in [0.2, 0.25) is 0 Å². The summed E-state index contributed by atoms with van der Waals surface area (Å²) in [5.41, 5.74) is -0.668. The van der Waals surface area contributed by atoms with Gasteiger partial charge in [0.25, 0.3) is 5.69 Å². The van der Waals surface area contributed by atoms with Crippen LogP contribution in [0.25, 0.3) is 0 Å². The van der Waals surface area contributed by atoms with Gasteiger partial charge in [-0.3, -0.25) is 14.9 Å². The van der Waals surface area contributed by atoms with Crippen LogP contribution < -0.4 is 4.18 Å². The van der Waals surface area contributed by atoms with Gasteiger partial charge in [-0.2, -0.15) is 8.42 Å². The highest BCUT2D eigenvalue weighted by atomic mass is 79.9. The average Bonchev–Trinajstić information content (AvgIpc) is 2.48. The molecule has 0 heterocycles. The van der Waals surface area contributed by atoms with Gasteiger partial charge in [0.05, 0.1) is 10.5 Å². The van der Waals surface area contributed by atoms with Crippen LogP contribution in [0.4, 0.5) is 5.69 Å². The van der Waals surface area contributed by atoms with E-state index in [-0.39, 0.29) is 16.3 Å². The number of halogens is 2. The molecule has 0 radical (unpaired) electrons. The number of hydrogen-bond acceptors (Lipinski definition) is 6. The van der Waals surface area contributed by atoms with Gasteiger partial charge >= 0.3 is 10.1 Å². The Morgan fingerprint density at radius 2 is 1.92 bits per heavy atom. The molecule has 0 saturated carbocycles. The normalized spacial score (nSPS) is 11.1. The Bertz CT molecular complexity index is 944. The Morgan fingerprint density at radius 1 is 1.25 bits per heavy atom. The highest BCUT2D eigenvalue weighted by Gasteiger charge is 2.29. The van der Waals surface area contributed by atoms with Crippen LogP contribution in [-0.4, -0.2) is 19.1 Å². The molecule has 2 aromatic rings. The fourth-order valence-corrected chi connectivity index (χ4v) is 3.59. The van der Waals surface area contributed by atoms with Crippen LogP contribution >= 0.6 is 27.5 Å². The Hall–Kier alpha value is -1.97. The highest BCUT2D eigenvalue weighted by Crippen LogP contribution is 2.31. The Balaban J connectivity index is 2.57. The van der Waals surface area contributed by atoms with Crippen molar-refractivity contribution in [2.45, 2.75) is 11.8 Å². The first-order valence-corrected chi connectivity index (χ1v) is 8.88. The molecular weight excluding hydrogens is 426 g/mol. The van der Waals surface area contributed by atoms with E-state index in [2.05, 4.69) is 15.9 Å². The van der Waals surface area contributed by atoms with Gasteiger partial charge in [0.1, 0.15) is 0 Å². The van der Waals surface area contributed by atoms with Gasteiger partial charge in [-0.15, -0.1) is 0 Å². The van der Waals surface area contributed by atoms with Gasteiger partial charge in [-0.05, 0) is 37.3 Å². The molecule has 0 aliphatic rings. The van der Waals surface area contributed by atoms with Crippen molar-refractivity contribution >= 4 is 49.1 Å². The van der Waals surface area contributed by atoms with E-state index in [1.807, 2.05) is 0 Å². The van der Waals surface area contributed by atoms with Crippen molar-refractivity contribution in [3.8, 4) is 5.75 Å². The van der Waals surface area contributed by atoms with E-state index < -0.39 is 31.4 Å². The number of nitrogens with zero attached hydrogens (tertiary/aromatic N) is 1. The highest BCUT2D eigenvalue weighted by molar-refractivity contribution is 9.10. The van der Waals surface area contributed by atoms with Crippen molar-refractivity contribution in [1.82, 2.24) is 0 Å². The summed E-state index contributed by atoms with van der Waals surface area (Å²) in [5.74, 6) is -0.665. The molecule has 7 nitrogen and oxygen atoms in total. The van der Waals surface area contributed by atoms with Crippen LogP contribution in [0.1, 0.15) is 17.3 Å².